The Morgan fingerprint density at radius 3 is 2.34 bits per heavy atom. The van der Waals surface area contributed by atoms with Gasteiger partial charge in [-0.15, -0.1) is 0 Å². The fraction of sp³-hybridized carbons (Fsp3) is 0.0526. The molecular formula is C19H13Cl2N3O4S. The standard InChI is InChI=1S/C19H13Cl2N3O4S/c20-11-2-4-12(5-3-11)22-16(25)9-28-15-6-1-10(8-14(15)21)7-13-17(26)23-19(29)24-18(13)27/h1-8H,9H2,(H,22,25)(H2,23,24,26,27,29). The Balaban J connectivity index is 1.63. The van der Waals surface area contributed by atoms with Crippen LogP contribution in [0.1, 0.15) is 5.56 Å². The largest absolute Gasteiger partial charge is 0.482 e. The molecule has 0 aliphatic carbocycles. The minimum absolute atomic E-state index is 0.0455. The van der Waals surface area contributed by atoms with Crippen LogP contribution >= 0.6 is 35.4 Å². The number of hydrogen-bond acceptors (Lipinski definition) is 5. The number of carbonyl (C=O) groups is 3. The van der Waals surface area contributed by atoms with Crippen molar-refractivity contribution in [3.05, 3.63) is 63.6 Å². The van der Waals surface area contributed by atoms with Gasteiger partial charge in [-0.05, 0) is 60.3 Å². The van der Waals surface area contributed by atoms with Gasteiger partial charge in [-0.2, -0.15) is 0 Å². The van der Waals surface area contributed by atoms with Crippen LogP contribution in [-0.2, 0) is 14.4 Å². The molecule has 1 aliphatic rings. The third kappa shape index (κ3) is 5.54. The second kappa shape index (κ2) is 9.04. The van der Waals surface area contributed by atoms with E-state index in [1.54, 1.807) is 30.3 Å². The van der Waals surface area contributed by atoms with Gasteiger partial charge < -0.3 is 10.1 Å². The molecule has 10 heteroatoms. The molecule has 0 bridgehead atoms. The molecule has 0 atom stereocenters. The van der Waals surface area contributed by atoms with Crippen molar-refractivity contribution in [2.24, 2.45) is 0 Å². The highest BCUT2D eigenvalue weighted by molar-refractivity contribution is 7.80. The summed E-state index contributed by atoms with van der Waals surface area (Å²) in [5, 5.41) is 8.08. The molecule has 0 spiro atoms. The number of halogens is 2. The zero-order valence-electron chi connectivity index (χ0n) is 14.6. The number of amides is 3. The minimum Gasteiger partial charge on any atom is -0.482 e. The van der Waals surface area contributed by atoms with Gasteiger partial charge in [0.25, 0.3) is 17.7 Å². The molecule has 3 amide bonds. The Bertz CT molecular complexity index is 1020. The maximum atomic E-state index is 12.0. The number of hydrogen-bond donors (Lipinski definition) is 3. The van der Waals surface area contributed by atoms with Crippen molar-refractivity contribution in [3.63, 3.8) is 0 Å². The van der Waals surface area contributed by atoms with E-state index in [9.17, 15) is 14.4 Å². The molecule has 0 radical (unpaired) electrons. The molecule has 7 nitrogen and oxygen atoms in total. The van der Waals surface area contributed by atoms with Gasteiger partial charge in [0, 0.05) is 10.7 Å². The Morgan fingerprint density at radius 2 is 1.72 bits per heavy atom. The molecule has 3 rings (SSSR count). The Morgan fingerprint density at radius 1 is 1.07 bits per heavy atom. The highest BCUT2D eigenvalue weighted by atomic mass is 35.5. The summed E-state index contributed by atoms with van der Waals surface area (Å²) in [6.07, 6.45) is 1.37. The van der Waals surface area contributed by atoms with E-state index in [0.29, 0.717) is 16.3 Å². The molecule has 148 valence electrons. The summed E-state index contributed by atoms with van der Waals surface area (Å²) in [5.74, 6) is -1.30. The zero-order chi connectivity index (χ0) is 21.0. The molecule has 2 aromatic carbocycles. The summed E-state index contributed by atoms with van der Waals surface area (Å²) in [4.78, 5) is 35.7. The zero-order valence-corrected chi connectivity index (χ0v) is 17.0. The van der Waals surface area contributed by atoms with E-state index in [-0.39, 0.29) is 34.0 Å². The van der Waals surface area contributed by atoms with Crippen LogP contribution in [0.2, 0.25) is 10.0 Å². The van der Waals surface area contributed by atoms with Gasteiger partial charge in [0.2, 0.25) is 0 Å². The van der Waals surface area contributed by atoms with Crippen LogP contribution in [0.25, 0.3) is 6.08 Å². The fourth-order valence-corrected chi connectivity index (χ4v) is 2.93. The lowest BCUT2D eigenvalue weighted by molar-refractivity contribution is -0.123. The van der Waals surface area contributed by atoms with Crippen molar-refractivity contribution in [2.75, 3.05) is 11.9 Å². The molecule has 3 N–H and O–H groups in total. The Kier molecular flexibility index (Phi) is 6.48. The maximum Gasteiger partial charge on any atom is 0.263 e. The second-order valence-electron chi connectivity index (χ2n) is 5.83. The fourth-order valence-electron chi connectivity index (χ4n) is 2.37. The number of rotatable bonds is 5. The van der Waals surface area contributed by atoms with Crippen LogP contribution in [0.3, 0.4) is 0 Å². The van der Waals surface area contributed by atoms with Crippen LogP contribution < -0.4 is 20.7 Å². The third-order valence-corrected chi connectivity index (χ3v) is 4.45. The molecule has 1 saturated heterocycles. The molecule has 0 unspecified atom stereocenters. The van der Waals surface area contributed by atoms with Crippen LogP contribution in [0.15, 0.2) is 48.0 Å². The number of carbonyl (C=O) groups excluding carboxylic acids is 3. The van der Waals surface area contributed by atoms with Crippen molar-refractivity contribution in [2.45, 2.75) is 0 Å². The lowest BCUT2D eigenvalue weighted by Gasteiger charge is -2.16. The van der Waals surface area contributed by atoms with E-state index < -0.39 is 11.8 Å². The summed E-state index contributed by atoms with van der Waals surface area (Å²) in [5.41, 5.74) is 0.978. The first-order valence-corrected chi connectivity index (χ1v) is 9.34. The molecule has 1 aliphatic heterocycles. The summed E-state index contributed by atoms with van der Waals surface area (Å²) in [7, 11) is 0. The van der Waals surface area contributed by atoms with Gasteiger partial charge in [-0.25, -0.2) is 0 Å². The lowest BCUT2D eigenvalue weighted by atomic mass is 10.1. The van der Waals surface area contributed by atoms with Gasteiger partial charge in [0.05, 0.1) is 5.02 Å². The average Bonchev–Trinajstić information content (AvgIpc) is 2.66. The smallest absolute Gasteiger partial charge is 0.263 e. The van der Waals surface area contributed by atoms with E-state index in [1.165, 1.54) is 18.2 Å². The van der Waals surface area contributed by atoms with Crippen LogP contribution in [0, 0.1) is 0 Å². The number of benzene rings is 2. The molecule has 0 aromatic heterocycles. The highest BCUT2D eigenvalue weighted by Crippen LogP contribution is 2.26. The van der Waals surface area contributed by atoms with E-state index in [2.05, 4.69) is 16.0 Å². The van der Waals surface area contributed by atoms with Crippen molar-refractivity contribution >= 4 is 70.0 Å². The first-order chi connectivity index (χ1) is 13.8. The second-order valence-corrected chi connectivity index (χ2v) is 7.08. The number of anilines is 1. The van der Waals surface area contributed by atoms with Crippen molar-refractivity contribution in [1.29, 1.82) is 0 Å². The van der Waals surface area contributed by atoms with Gasteiger partial charge in [0.15, 0.2) is 11.7 Å². The summed E-state index contributed by atoms with van der Waals surface area (Å²) in [6, 6.07) is 11.3. The predicted octanol–water partition coefficient (Wildman–Crippen LogP) is 2.93. The van der Waals surface area contributed by atoms with Crippen molar-refractivity contribution in [1.82, 2.24) is 10.6 Å². The predicted molar refractivity (Wildman–Crippen MR) is 114 cm³/mol. The van der Waals surface area contributed by atoms with Gasteiger partial charge >= 0.3 is 0 Å². The quantitative estimate of drug-likeness (QED) is 0.370. The average molecular weight is 450 g/mol. The molecule has 0 saturated carbocycles. The molecule has 1 heterocycles. The van der Waals surface area contributed by atoms with E-state index in [4.69, 9.17) is 40.2 Å². The maximum absolute atomic E-state index is 12.0. The number of nitrogens with one attached hydrogen (secondary N) is 3. The first kappa shape index (κ1) is 20.8. The minimum atomic E-state index is -0.603. The van der Waals surface area contributed by atoms with Crippen molar-refractivity contribution in [3.8, 4) is 5.75 Å². The third-order valence-electron chi connectivity index (χ3n) is 3.70. The van der Waals surface area contributed by atoms with E-state index in [0.717, 1.165) is 0 Å². The molecular weight excluding hydrogens is 437 g/mol. The number of thiocarbonyl (C=S) groups is 1. The van der Waals surface area contributed by atoms with Crippen LogP contribution in [0.4, 0.5) is 5.69 Å². The van der Waals surface area contributed by atoms with Gasteiger partial charge in [-0.3, -0.25) is 25.0 Å². The highest BCUT2D eigenvalue weighted by Gasteiger charge is 2.25. The number of ether oxygens (including phenoxy) is 1. The lowest BCUT2D eigenvalue weighted by Crippen LogP contribution is -2.51. The molecule has 29 heavy (non-hydrogen) atoms. The Hall–Kier alpha value is -2.94. The molecule has 1 fully saturated rings. The Labute approximate surface area is 181 Å². The summed E-state index contributed by atoms with van der Waals surface area (Å²) in [6.45, 7) is -0.259. The first-order valence-electron chi connectivity index (χ1n) is 8.18. The summed E-state index contributed by atoms with van der Waals surface area (Å²) >= 11 is 16.7. The summed E-state index contributed by atoms with van der Waals surface area (Å²) < 4.78 is 5.43. The topological polar surface area (TPSA) is 96.5 Å². The SMILES string of the molecule is O=C(COc1ccc(C=C2C(=O)NC(=S)NC2=O)cc1Cl)Nc1ccc(Cl)cc1. The van der Waals surface area contributed by atoms with E-state index in [1.807, 2.05) is 0 Å². The van der Waals surface area contributed by atoms with Crippen LogP contribution in [0.5, 0.6) is 5.75 Å². The van der Waals surface area contributed by atoms with Gasteiger partial charge in [0.1, 0.15) is 11.3 Å². The van der Waals surface area contributed by atoms with Crippen LogP contribution in [-0.4, -0.2) is 29.4 Å². The van der Waals surface area contributed by atoms with E-state index >= 15 is 0 Å². The van der Waals surface area contributed by atoms with Crippen molar-refractivity contribution < 1.29 is 19.1 Å². The monoisotopic (exact) mass is 449 g/mol. The molecule has 2 aromatic rings. The normalized spacial score (nSPS) is 13.4. The van der Waals surface area contributed by atoms with Gasteiger partial charge in [-0.1, -0.05) is 29.3 Å².